The van der Waals surface area contributed by atoms with Gasteiger partial charge in [0.1, 0.15) is 12.4 Å². The molecule has 0 unspecified atom stereocenters. The number of amides is 1. The summed E-state index contributed by atoms with van der Waals surface area (Å²) in [5, 5.41) is 2.98. The minimum Gasteiger partial charge on any atom is -0.491 e. The topological polar surface area (TPSA) is 50.8 Å². The van der Waals surface area contributed by atoms with Gasteiger partial charge in [-0.15, -0.1) is 0 Å². The van der Waals surface area contributed by atoms with Crippen LogP contribution < -0.4 is 15.0 Å². The Labute approximate surface area is 154 Å². The third kappa shape index (κ3) is 4.99. The van der Waals surface area contributed by atoms with Gasteiger partial charge in [0.05, 0.1) is 19.3 Å². The fourth-order valence-electron chi connectivity index (χ4n) is 2.85. The minimum absolute atomic E-state index is 0.0808. The number of hydrogen-bond donors (Lipinski definition) is 1. The van der Waals surface area contributed by atoms with Crippen LogP contribution in [0, 0.1) is 6.92 Å². The molecule has 1 N–H and O–H groups in total. The Hall–Kier alpha value is -2.53. The molecule has 2 aromatic rings. The molecule has 0 saturated carbocycles. The Bertz CT molecular complexity index is 707. The summed E-state index contributed by atoms with van der Waals surface area (Å²) in [6.45, 7) is 7.69. The van der Waals surface area contributed by atoms with Gasteiger partial charge in [0, 0.05) is 24.3 Å². The summed E-state index contributed by atoms with van der Waals surface area (Å²) in [5.74, 6) is 0.727. The highest BCUT2D eigenvalue weighted by Crippen LogP contribution is 2.17. The first-order valence-electron chi connectivity index (χ1n) is 9.05. The molecule has 1 heterocycles. The zero-order valence-electron chi connectivity index (χ0n) is 15.4. The van der Waals surface area contributed by atoms with Crippen LogP contribution in [0.4, 0.5) is 5.69 Å². The van der Waals surface area contributed by atoms with Crippen molar-refractivity contribution < 1.29 is 14.3 Å². The van der Waals surface area contributed by atoms with Crippen molar-refractivity contribution in [1.29, 1.82) is 0 Å². The predicted octanol–water partition coefficient (Wildman–Crippen LogP) is 3.03. The Balaban J connectivity index is 1.49. The third-order valence-electron chi connectivity index (χ3n) is 4.40. The Morgan fingerprint density at radius 1 is 1.12 bits per heavy atom. The lowest BCUT2D eigenvalue weighted by Crippen LogP contribution is -2.37. The van der Waals surface area contributed by atoms with Crippen molar-refractivity contribution in [3.8, 4) is 5.75 Å². The van der Waals surface area contributed by atoms with E-state index in [9.17, 15) is 4.79 Å². The van der Waals surface area contributed by atoms with Gasteiger partial charge in [-0.05, 0) is 50.2 Å². The van der Waals surface area contributed by atoms with Crippen molar-refractivity contribution >= 4 is 11.6 Å². The van der Waals surface area contributed by atoms with Crippen LogP contribution in [0.5, 0.6) is 5.75 Å². The summed E-state index contributed by atoms with van der Waals surface area (Å²) in [6, 6.07) is 15.5. The summed E-state index contributed by atoms with van der Waals surface area (Å²) in [6.07, 6.45) is 0. The Kier molecular flexibility index (Phi) is 6.12. The van der Waals surface area contributed by atoms with E-state index in [4.69, 9.17) is 9.47 Å². The lowest BCUT2D eigenvalue weighted by molar-refractivity contribution is 0.0926. The average molecular weight is 354 g/mol. The summed E-state index contributed by atoms with van der Waals surface area (Å²) in [7, 11) is 0. The van der Waals surface area contributed by atoms with Gasteiger partial charge < -0.3 is 19.7 Å². The first kappa shape index (κ1) is 18.3. The van der Waals surface area contributed by atoms with E-state index in [-0.39, 0.29) is 11.9 Å². The van der Waals surface area contributed by atoms with Crippen LogP contribution in [0.1, 0.15) is 22.8 Å². The molecule has 1 atom stereocenters. The summed E-state index contributed by atoms with van der Waals surface area (Å²) < 4.78 is 11.1. The van der Waals surface area contributed by atoms with Gasteiger partial charge >= 0.3 is 0 Å². The number of hydrogen-bond acceptors (Lipinski definition) is 4. The highest BCUT2D eigenvalue weighted by atomic mass is 16.5. The van der Waals surface area contributed by atoms with Crippen LogP contribution in [0.15, 0.2) is 48.5 Å². The second-order valence-corrected chi connectivity index (χ2v) is 6.64. The largest absolute Gasteiger partial charge is 0.491 e. The molecule has 0 aliphatic carbocycles. The molecule has 1 aliphatic rings. The van der Waals surface area contributed by atoms with Crippen molar-refractivity contribution in [3.63, 3.8) is 0 Å². The number of anilines is 1. The second kappa shape index (κ2) is 8.72. The SMILES string of the molecule is Cc1ccc(OC[C@@H](C)NC(=O)c2ccc(N3CCOCC3)cc2)cc1. The van der Waals surface area contributed by atoms with E-state index in [2.05, 4.69) is 10.2 Å². The van der Waals surface area contributed by atoms with Gasteiger partial charge in [-0.2, -0.15) is 0 Å². The molecule has 0 spiro atoms. The molecular weight excluding hydrogens is 328 g/mol. The molecule has 26 heavy (non-hydrogen) atoms. The number of morpholine rings is 1. The standard InChI is InChI=1S/C21H26N2O3/c1-16-3-9-20(10-4-16)26-15-17(2)22-21(24)18-5-7-19(8-6-18)23-11-13-25-14-12-23/h3-10,17H,11-15H2,1-2H3,(H,22,24)/t17-/m1/s1. The van der Waals surface area contributed by atoms with Crippen molar-refractivity contribution in [2.24, 2.45) is 0 Å². The van der Waals surface area contributed by atoms with Crippen molar-refractivity contribution in [1.82, 2.24) is 5.32 Å². The molecule has 1 aliphatic heterocycles. The molecule has 1 fully saturated rings. The number of nitrogens with zero attached hydrogens (tertiary/aromatic N) is 1. The lowest BCUT2D eigenvalue weighted by atomic mass is 10.1. The quantitative estimate of drug-likeness (QED) is 0.866. The van der Waals surface area contributed by atoms with Crippen molar-refractivity contribution in [3.05, 3.63) is 59.7 Å². The van der Waals surface area contributed by atoms with Gasteiger partial charge in [-0.1, -0.05) is 17.7 Å². The third-order valence-corrected chi connectivity index (χ3v) is 4.40. The molecular formula is C21H26N2O3. The van der Waals surface area contributed by atoms with Gasteiger partial charge in [0.15, 0.2) is 0 Å². The van der Waals surface area contributed by atoms with Gasteiger partial charge in [0.25, 0.3) is 5.91 Å². The average Bonchev–Trinajstić information content (AvgIpc) is 2.68. The van der Waals surface area contributed by atoms with Crippen molar-refractivity contribution in [2.75, 3.05) is 37.8 Å². The maximum atomic E-state index is 12.4. The molecule has 5 heteroatoms. The summed E-state index contributed by atoms with van der Waals surface area (Å²) >= 11 is 0. The van der Waals surface area contributed by atoms with E-state index < -0.39 is 0 Å². The normalized spacial score (nSPS) is 15.4. The minimum atomic E-state index is -0.0847. The van der Waals surface area contributed by atoms with E-state index in [0.717, 1.165) is 37.7 Å². The number of rotatable bonds is 6. The molecule has 0 aromatic heterocycles. The molecule has 138 valence electrons. The molecule has 2 aromatic carbocycles. The Morgan fingerprint density at radius 2 is 1.77 bits per heavy atom. The maximum absolute atomic E-state index is 12.4. The molecule has 1 saturated heterocycles. The van der Waals surface area contributed by atoms with E-state index in [1.807, 2.05) is 62.4 Å². The van der Waals surface area contributed by atoms with E-state index in [1.54, 1.807) is 0 Å². The number of nitrogens with one attached hydrogen (secondary N) is 1. The molecule has 5 nitrogen and oxygen atoms in total. The van der Waals surface area contributed by atoms with Crippen LogP contribution in [0.3, 0.4) is 0 Å². The van der Waals surface area contributed by atoms with Crippen LogP contribution in [0.25, 0.3) is 0 Å². The predicted molar refractivity (Wildman–Crippen MR) is 103 cm³/mol. The first-order chi connectivity index (χ1) is 12.6. The molecule has 3 rings (SSSR count). The van der Waals surface area contributed by atoms with E-state index >= 15 is 0 Å². The van der Waals surface area contributed by atoms with Crippen LogP contribution in [-0.4, -0.2) is 44.9 Å². The highest BCUT2D eigenvalue weighted by molar-refractivity contribution is 5.94. The smallest absolute Gasteiger partial charge is 0.251 e. The van der Waals surface area contributed by atoms with Gasteiger partial charge in [-0.25, -0.2) is 0 Å². The molecule has 0 radical (unpaired) electrons. The highest BCUT2D eigenvalue weighted by Gasteiger charge is 2.13. The maximum Gasteiger partial charge on any atom is 0.251 e. The number of carbonyl (C=O) groups is 1. The Morgan fingerprint density at radius 3 is 2.42 bits per heavy atom. The van der Waals surface area contributed by atoms with Crippen molar-refractivity contribution in [2.45, 2.75) is 19.9 Å². The van der Waals surface area contributed by atoms with E-state index in [1.165, 1.54) is 5.56 Å². The zero-order valence-corrected chi connectivity index (χ0v) is 15.4. The van der Waals surface area contributed by atoms with E-state index in [0.29, 0.717) is 12.2 Å². The number of carbonyl (C=O) groups excluding carboxylic acids is 1. The fraction of sp³-hybridized carbons (Fsp3) is 0.381. The first-order valence-corrected chi connectivity index (χ1v) is 9.05. The van der Waals surface area contributed by atoms with Gasteiger partial charge in [-0.3, -0.25) is 4.79 Å². The zero-order chi connectivity index (χ0) is 18.4. The van der Waals surface area contributed by atoms with Gasteiger partial charge in [0.2, 0.25) is 0 Å². The van der Waals surface area contributed by atoms with Crippen LogP contribution in [0.2, 0.25) is 0 Å². The number of aryl methyl sites for hydroxylation is 1. The summed E-state index contributed by atoms with van der Waals surface area (Å²) in [5.41, 5.74) is 2.98. The molecule has 1 amide bonds. The summed E-state index contributed by atoms with van der Waals surface area (Å²) in [4.78, 5) is 14.7. The molecule has 0 bridgehead atoms. The second-order valence-electron chi connectivity index (χ2n) is 6.64. The fourth-order valence-corrected chi connectivity index (χ4v) is 2.85. The number of benzene rings is 2. The monoisotopic (exact) mass is 354 g/mol. The van der Waals surface area contributed by atoms with Crippen LogP contribution >= 0.6 is 0 Å². The van der Waals surface area contributed by atoms with Crippen LogP contribution in [-0.2, 0) is 4.74 Å². The lowest BCUT2D eigenvalue weighted by Gasteiger charge is -2.28. The number of ether oxygens (including phenoxy) is 2.